The number of rotatable bonds is 6. The van der Waals surface area contributed by atoms with Crippen LogP contribution >= 0.6 is 0 Å². The first-order valence-corrected chi connectivity index (χ1v) is 9.67. The van der Waals surface area contributed by atoms with Crippen LogP contribution in [0.3, 0.4) is 0 Å². The first-order valence-electron chi connectivity index (χ1n) is 9.67. The monoisotopic (exact) mass is 380 g/mol. The molecule has 1 atom stereocenters. The fourth-order valence-corrected chi connectivity index (χ4v) is 3.62. The molecule has 1 amide bonds. The Bertz CT molecular complexity index is 920. The van der Waals surface area contributed by atoms with Crippen molar-refractivity contribution >= 4 is 5.91 Å². The lowest BCUT2D eigenvalue weighted by Gasteiger charge is -2.32. The number of pyridine rings is 1. The van der Waals surface area contributed by atoms with E-state index in [1.165, 1.54) is 0 Å². The zero-order chi connectivity index (χ0) is 19.3. The number of amides is 1. The topological polar surface area (TPSA) is 89.9 Å². The quantitative estimate of drug-likeness (QED) is 0.653. The molecule has 0 spiro atoms. The molecule has 0 bridgehead atoms. The van der Waals surface area contributed by atoms with Crippen LogP contribution in [0.25, 0.3) is 11.5 Å². The molecule has 28 heavy (non-hydrogen) atoms. The molecule has 0 radical (unpaired) electrons. The second-order valence-electron chi connectivity index (χ2n) is 7.35. The molecule has 1 saturated heterocycles. The smallest absolute Gasteiger partial charge is 0.258 e. The minimum absolute atomic E-state index is 0.132. The second kappa shape index (κ2) is 8.33. The van der Waals surface area contributed by atoms with Crippen molar-refractivity contribution in [1.82, 2.24) is 29.8 Å². The minimum Gasteiger partial charge on any atom is -0.341 e. The predicted octanol–water partition coefficient (Wildman–Crippen LogP) is 2.51. The van der Waals surface area contributed by atoms with E-state index in [-0.39, 0.29) is 5.91 Å². The molecule has 3 aromatic heterocycles. The van der Waals surface area contributed by atoms with Gasteiger partial charge in [-0.2, -0.15) is 10.1 Å². The molecule has 1 unspecified atom stereocenters. The Kier molecular flexibility index (Phi) is 5.45. The van der Waals surface area contributed by atoms with Crippen molar-refractivity contribution in [3.63, 3.8) is 0 Å². The maximum Gasteiger partial charge on any atom is 0.258 e. The van der Waals surface area contributed by atoms with Crippen LogP contribution in [0.2, 0.25) is 0 Å². The molecule has 8 nitrogen and oxygen atoms in total. The van der Waals surface area contributed by atoms with Crippen molar-refractivity contribution in [2.75, 3.05) is 13.1 Å². The Balaban J connectivity index is 1.29. The maximum absolute atomic E-state index is 12.6. The van der Waals surface area contributed by atoms with E-state index in [0.717, 1.165) is 49.9 Å². The number of aryl methyl sites for hydroxylation is 2. The van der Waals surface area contributed by atoms with Crippen molar-refractivity contribution < 1.29 is 9.32 Å². The maximum atomic E-state index is 12.6. The summed E-state index contributed by atoms with van der Waals surface area (Å²) in [4.78, 5) is 23.0. The van der Waals surface area contributed by atoms with Crippen LogP contribution in [0.15, 0.2) is 41.4 Å². The van der Waals surface area contributed by atoms with Gasteiger partial charge in [-0.1, -0.05) is 5.16 Å². The summed E-state index contributed by atoms with van der Waals surface area (Å²) in [6.07, 6.45) is 10.9. The first-order chi connectivity index (χ1) is 13.7. The number of likely N-dealkylation sites (tertiary alicyclic amines) is 1. The lowest BCUT2D eigenvalue weighted by molar-refractivity contribution is -0.133. The highest BCUT2D eigenvalue weighted by molar-refractivity contribution is 5.76. The van der Waals surface area contributed by atoms with Gasteiger partial charge >= 0.3 is 0 Å². The van der Waals surface area contributed by atoms with Gasteiger partial charge in [-0.15, -0.1) is 0 Å². The van der Waals surface area contributed by atoms with Gasteiger partial charge in [-0.3, -0.25) is 14.5 Å². The van der Waals surface area contributed by atoms with Crippen molar-refractivity contribution in [3.05, 3.63) is 48.3 Å². The van der Waals surface area contributed by atoms with E-state index in [4.69, 9.17) is 4.52 Å². The van der Waals surface area contributed by atoms with Gasteiger partial charge in [0.1, 0.15) is 6.54 Å². The summed E-state index contributed by atoms with van der Waals surface area (Å²) in [5, 5.41) is 8.30. The van der Waals surface area contributed by atoms with Gasteiger partial charge in [0.05, 0.1) is 6.20 Å². The summed E-state index contributed by atoms with van der Waals surface area (Å²) in [6.45, 7) is 3.89. The number of piperidine rings is 1. The summed E-state index contributed by atoms with van der Waals surface area (Å²) in [7, 11) is 0. The Morgan fingerprint density at radius 1 is 1.32 bits per heavy atom. The molecule has 0 aromatic carbocycles. The van der Waals surface area contributed by atoms with Crippen LogP contribution in [-0.2, 0) is 17.8 Å². The summed E-state index contributed by atoms with van der Waals surface area (Å²) in [6, 6.07) is 3.70. The Labute approximate surface area is 163 Å². The number of carbonyl (C=O) groups excluding carboxylic acids is 1. The fourth-order valence-electron chi connectivity index (χ4n) is 3.62. The molecular weight excluding hydrogens is 356 g/mol. The SMILES string of the molecule is Cc1cnn(CC(=O)N2CCCC(CCc3noc(-c4ccncc4)n3)C2)c1. The molecule has 4 rings (SSSR count). The minimum atomic E-state index is 0.132. The Morgan fingerprint density at radius 2 is 2.18 bits per heavy atom. The summed E-state index contributed by atoms with van der Waals surface area (Å²) in [5.41, 5.74) is 1.94. The van der Waals surface area contributed by atoms with Gasteiger partial charge in [-0.05, 0) is 49.8 Å². The second-order valence-corrected chi connectivity index (χ2v) is 7.35. The van der Waals surface area contributed by atoms with Gasteiger partial charge in [0.15, 0.2) is 5.82 Å². The van der Waals surface area contributed by atoms with Gasteiger partial charge in [-0.25, -0.2) is 0 Å². The third kappa shape index (κ3) is 4.44. The molecule has 1 aliphatic heterocycles. The van der Waals surface area contributed by atoms with Crippen LogP contribution in [0.5, 0.6) is 0 Å². The normalized spacial score (nSPS) is 17.0. The lowest BCUT2D eigenvalue weighted by atomic mass is 9.93. The van der Waals surface area contributed by atoms with E-state index < -0.39 is 0 Å². The molecule has 0 saturated carbocycles. The zero-order valence-electron chi connectivity index (χ0n) is 16.0. The van der Waals surface area contributed by atoms with Crippen molar-refractivity contribution in [2.45, 2.75) is 39.2 Å². The molecule has 4 heterocycles. The van der Waals surface area contributed by atoms with Crippen molar-refractivity contribution in [2.24, 2.45) is 5.92 Å². The highest BCUT2D eigenvalue weighted by Crippen LogP contribution is 2.22. The molecule has 0 aliphatic carbocycles. The largest absolute Gasteiger partial charge is 0.341 e. The Hall–Kier alpha value is -3.03. The predicted molar refractivity (Wildman–Crippen MR) is 102 cm³/mol. The third-order valence-corrected chi connectivity index (χ3v) is 5.10. The average molecular weight is 380 g/mol. The zero-order valence-corrected chi connectivity index (χ0v) is 16.0. The van der Waals surface area contributed by atoms with Crippen molar-refractivity contribution in [3.8, 4) is 11.5 Å². The molecule has 1 aliphatic rings. The third-order valence-electron chi connectivity index (χ3n) is 5.10. The van der Waals surface area contributed by atoms with Crippen LogP contribution in [0, 0.1) is 12.8 Å². The van der Waals surface area contributed by atoms with E-state index >= 15 is 0 Å². The highest BCUT2D eigenvalue weighted by Gasteiger charge is 2.24. The van der Waals surface area contributed by atoms with Gasteiger partial charge in [0.25, 0.3) is 5.89 Å². The van der Waals surface area contributed by atoms with Crippen molar-refractivity contribution in [1.29, 1.82) is 0 Å². The summed E-state index contributed by atoms with van der Waals surface area (Å²) in [5.74, 6) is 1.82. The van der Waals surface area contributed by atoms with E-state index in [2.05, 4.69) is 20.2 Å². The standard InChI is InChI=1S/C20H24N6O2/c1-15-11-22-26(12-15)14-19(27)25-10-2-3-16(13-25)4-5-18-23-20(28-24-18)17-6-8-21-9-7-17/h6-9,11-12,16H,2-5,10,13-14H2,1H3. The lowest BCUT2D eigenvalue weighted by Crippen LogP contribution is -2.41. The molecule has 8 heteroatoms. The number of nitrogens with zero attached hydrogens (tertiary/aromatic N) is 6. The molecule has 0 N–H and O–H groups in total. The first kappa shape index (κ1) is 18.3. The molecule has 146 valence electrons. The van der Waals surface area contributed by atoms with Gasteiger partial charge < -0.3 is 9.42 Å². The highest BCUT2D eigenvalue weighted by atomic mass is 16.5. The number of carbonyl (C=O) groups is 1. The van der Waals surface area contributed by atoms with Crippen LogP contribution < -0.4 is 0 Å². The van der Waals surface area contributed by atoms with Crippen LogP contribution in [0.4, 0.5) is 0 Å². The summed E-state index contributed by atoms with van der Waals surface area (Å²) < 4.78 is 7.06. The van der Waals surface area contributed by atoms with Crippen LogP contribution in [-0.4, -0.2) is 48.8 Å². The molecule has 3 aromatic rings. The fraction of sp³-hybridized carbons (Fsp3) is 0.450. The summed E-state index contributed by atoms with van der Waals surface area (Å²) >= 11 is 0. The van der Waals surface area contributed by atoms with E-state index in [9.17, 15) is 4.79 Å². The number of hydrogen-bond acceptors (Lipinski definition) is 6. The number of hydrogen-bond donors (Lipinski definition) is 0. The molecular formula is C20H24N6O2. The average Bonchev–Trinajstić information content (AvgIpc) is 3.36. The molecule has 1 fully saturated rings. The van der Waals surface area contributed by atoms with Gasteiger partial charge in [0, 0.05) is 43.7 Å². The van der Waals surface area contributed by atoms with E-state index in [1.54, 1.807) is 23.3 Å². The van der Waals surface area contributed by atoms with Crippen LogP contribution in [0.1, 0.15) is 30.7 Å². The number of aromatic nitrogens is 5. The van der Waals surface area contributed by atoms with Gasteiger partial charge in [0.2, 0.25) is 5.91 Å². The van der Waals surface area contributed by atoms with E-state index in [0.29, 0.717) is 24.2 Å². The van der Waals surface area contributed by atoms with E-state index in [1.807, 2.05) is 30.2 Å². The Morgan fingerprint density at radius 3 is 2.96 bits per heavy atom.